The van der Waals surface area contributed by atoms with Crippen LogP contribution in [-0.2, 0) is 23.7 Å². The molecule has 0 spiro atoms. The molecule has 3 unspecified atom stereocenters. The number of hydrogen-bond donors (Lipinski definition) is 12. The highest BCUT2D eigenvalue weighted by Crippen LogP contribution is 2.36. The van der Waals surface area contributed by atoms with Crippen molar-refractivity contribution in [2.75, 3.05) is 26.7 Å². The van der Waals surface area contributed by atoms with E-state index in [2.05, 4.69) is 16.0 Å². The Morgan fingerprint density at radius 2 is 1.71 bits per heavy atom. The van der Waals surface area contributed by atoms with E-state index < -0.39 is 97.1 Å². The summed E-state index contributed by atoms with van der Waals surface area (Å²) in [6.45, 7) is 2.41. The van der Waals surface area contributed by atoms with Crippen LogP contribution in [0.15, 0.2) is 11.8 Å². The fraction of sp³-hybridized carbons (Fsp3) is 0.880. The molecule has 0 bridgehead atoms. The topological polar surface area (TPSA) is 284 Å². The average molecular weight is 608 g/mol. The molecule has 15 atom stereocenters. The van der Waals surface area contributed by atoms with Crippen molar-refractivity contribution in [2.24, 2.45) is 11.5 Å². The van der Waals surface area contributed by atoms with Crippen LogP contribution in [0.5, 0.6) is 0 Å². The van der Waals surface area contributed by atoms with Crippen LogP contribution < -0.4 is 27.4 Å². The van der Waals surface area contributed by atoms with E-state index in [1.165, 1.54) is 0 Å². The van der Waals surface area contributed by atoms with Crippen molar-refractivity contribution in [1.29, 1.82) is 0 Å². The van der Waals surface area contributed by atoms with Gasteiger partial charge in [-0.3, -0.25) is 4.79 Å². The lowest BCUT2D eigenvalue weighted by Crippen LogP contribution is -2.68. The lowest BCUT2D eigenvalue weighted by atomic mass is 9.83. The van der Waals surface area contributed by atoms with Crippen molar-refractivity contribution in [1.82, 2.24) is 16.0 Å². The number of likely N-dealkylation sites (N-methyl/N-ethyl adjacent to an activating group) is 2. The molecule has 242 valence electrons. The second-order valence-corrected chi connectivity index (χ2v) is 11.4. The lowest BCUT2D eigenvalue weighted by Gasteiger charge is -2.48. The fourth-order valence-electron chi connectivity index (χ4n) is 5.70. The molecule has 0 aromatic carbocycles. The number of aliphatic hydroxyl groups excluding tert-OH is 6. The van der Waals surface area contributed by atoms with Gasteiger partial charge in [-0.15, -0.1) is 0 Å². The molecule has 2 saturated heterocycles. The van der Waals surface area contributed by atoms with Crippen LogP contribution in [0, 0.1) is 0 Å². The van der Waals surface area contributed by atoms with Crippen molar-refractivity contribution in [3.63, 3.8) is 0 Å². The number of carbonyl (C=O) groups excluding carboxylic acids is 1. The highest BCUT2D eigenvalue weighted by molar-refractivity contribution is 5.89. The molecule has 17 heteroatoms. The average Bonchev–Trinajstić information content (AvgIpc) is 3.59. The van der Waals surface area contributed by atoms with Crippen LogP contribution in [0.3, 0.4) is 0 Å². The molecule has 2 heterocycles. The molecule has 42 heavy (non-hydrogen) atoms. The predicted molar refractivity (Wildman–Crippen MR) is 142 cm³/mol. The fourth-order valence-corrected chi connectivity index (χ4v) is 5.70. The molecule has 0 aromatic rings. The Morgan fingerprint density at radius 3 is 2.31 bits per heavy atom. The molecule has 2 aliphatic heterocycles. The third-order valence-corrected chi connectivity index (χ3v) is 8.47. The van der Waals surface area contributed by atoms with E-state index in [-0.39, 0.29) is 26.0 Å². The summed E-state index contributed by atoms with van der Waals surface area (Å²) < 4.78 is 23.2. The molecule has 1 amide bonds. The molecule has 4 rings (SSSR count). The van der Waals surface area contributed by atoms with Crippen LogP contribution in [-0.4, -0.2) is 160 Å². The van der Waals surface area contributed by atoms with Gasteiger partial charge in [0.25, 0.3) is 5.91 Å². The van der Waals surface area contributed by atoms with Crippen LogP contribution in [0.2, 0.25) is 0 Å². The Labute approximate surface area is 242 Å². The van der Waals surface area contributed by atoms with Crippen molar-refractivity contribution in [3.05, 3.63) is 11.8 Å². The largest absolute Gasteiger partial charge is 0.515 e. The zero-order valence-corrected chi connectivity index (χ0v) is 23.5. The molecular formula is C25H45N5O12. The highest BCUT2D eigenvalue weighted by atomic mass is 16.7. The van der Waals surface area contributed by atoms with Crippen LogP contribution in [0.25, 0.3) is 0 Å². The Bertz CT molecular complexity index is 965. The maximum atomic E-state index is 12.8. The Balaban J connectivity index is 1.55. The molecule has 17 nitrogen and oxygen atoms in total. The van der Waals surface area contributed by atoms with E-state index in [9.17, 15) is 40.5 Å². The Kier molecular flexibility index (Phi) is 10.8. The zero-order chi connectivity index (χ0) is 30.9. The summed E-state index contributed by atoms with van der Waals surface area (Å²) in [7, 11) is 1.56. The number of aliphatic hydroxyl groups is 7. The summed E-state index contributed by atoms with van der Waals surface area (Å²) in [6.07, 6.45) is -13.3. The molecular weight excluding hydrogens is 562 g/mol. The number of carbonyl (C=O) groups is 1. The number of amides is 1. The first-order valence-corrected chi connectivity index (χ1v) is 14.1. The standard InChI is InChI=1S/C25H45N5O12/c1-3-29-6-12-15(32)17(34)18(35)23(40-12)41-20-10(26)4-11(30-24(37)25(38)5-13(25)27)21(19(20)36)42-22-16(33)14(28-2)9(7-31)8-39-22/h7,10-23,28-29,31-36,38H,3-6,8,26-27H2,1-2H3,(H,30,37)/b9-7-/t10-,11+,12+,13?,14-,15+,16+,17-,18+,19-,20?,21-,22+,23+,25?/m0/s1. The SMILES string of the molecule is CCNC[C@H]1O[C@H](OC2[C@@H](N)C[C@@H](NC(=O)C3(O)CC3N)[C@H](O[C@H]3OC/C(=C/O)[C@H](NC)[C@H]3O)[C@H]2O)[C@H](O)[C@@H](O)[C@@H]1O. The predicted octanol–water partition coefficient (Wildman–Crippen LogP) is -6.04. The molecule has 2 saturated carbocycles. The first-order chi connectivity index (χ1) is 19.9. The minimum atomic E-state index is -1.79. The van der Waals surface area contributed by atoms with Gasteiger partial charge in [-0.1, -0.05) is 6.92 Å². The van der Waals surface area contributed by atoms with Gasteiger partial charge in [-0.25, -0.2) is 0 Å². The minimum absolute atomic E-state index is 0.0428. The normalized spacial score (nSPS) is 48.7. The molecule has 0 radical (unpaired) electrons. The highest BCUT2D eigenvalue weighted by Gasteiger charge is 2.59. The molecule has 0 aromatic heterocycles. The van der Waals surface area contributed by atoms with Gasteiger partial charge in [0, 0.05) is 30.6 Å². The first kappa shape index (κ1) is 33.3. The number of hydrogen-bond acceptors (Lipinski definition) is 16. The smallest absolute Gasteiger partial charge is 0.253 e. The van der Waals surface area contributed by atoms with Crippen LogP contribution >= 0.6 is 0 Å². The summed E-state index contributed by atoms with van der Waals surface area (Å²) >= 11 is 0. The molecule has 4 aliphatic rings. The van der Waals surface area contributed by atoms with E-state index in [0.29, 0.717) is 12.1 Å². The number of ether oxygens (including phenoxy) is 4. The van der Waals surface area contributed by atoms with Crippen molar-refractivity contribution < 1.29 is 59.5 Å². The van der Waals surface area contributed by atoms with E-state index in [1.807, 2.05) is 6.92 Å². The van der Waals surface area contributed by atoms with Crippen molar-refractivity contribution in [2.45, 2.75) is 111 Å². The quantitative estimate of drug-likeness (QED) is 0.103. The summed E-state index contributed by atoms with van der Waals surface area (Å²) in [5, 5.41) is 82.2. The second-order valence-electron chi connectivity index (χ2n) is 11.4. The van der Waals surface area contributed by atoms with Gasteiger partial charge < -0.3 is 82.1 Å². The van der Waals surface area contributed by atoms with Gasteiger partial charge in [-0.05, 0) is 20.0 Å². The van der Waals surface area contributed by atoms with Gasteiger partial charge in [0.1, 0.15) is 48.8 Å². The third kappa shape index (κ3) is 6.59. The van der Waals surface area contributed by atoms with E-state index in [1.54, 1.807) is 7.05 Å². The number of rotatable bonds is 10. The van der Waals surface area contributed by atoms with Crippen LogP contribution in [0.1, 0.15) is 19.8 Å². The molecule has 2 aliphatic carbocycles. The van der Waals surface area contributed by atoms with Gasteiger partial charge in [0.2, 0.25) is 0 Å². The number of nitrogens with two attached hydrogens (primary N) is 2. The van der Waals surface area contributed by atoms with Gasteiger partial charge >= 0.3 is 0 Å². The second kappa shape index (κ2) is 13.6. The van der Waals surface area contributed by atoms with Crippen molar-refractivity contribution in [3.8, 4) is 0 Å². The molecule has 4 fully saturated rings. The van der Waals surface area contributed by atoms with Crippen molar-refractivity contribution >= 4 is 5.91 Å². The lowest BCUT2D eigenvalue weighted by molar-refractivity contribution is -0.326. The first-order valence-electron chi connectivity index (χ1n) is 14.1. The summed E-state index contributed by atoms with van der Waals surface area (Å²) in [4.78, 5) is 12.8. The Hall–Kier alpha value is -1.55. The summed E-state index contributed by atoms with van der Waals surface area (Å²) in [5.74, 6) is -0.787. The third-order valence-electron chi connectivity index (χ3n) is 8.47. The van der Waals surface area contributed by atoms with Crippen LogP contribution in [0.4, 0.5) is 0 Å². The maximum absolute atomic E-state index is 12.8. The van der Waals surface area contributed by atoms with E-state index >= 15 is 0 Å². The summed E-state index contributed by atoms with van der Waals surface area (Å²) in [6, 6.07) is -3.51. The molecule has 14 N–H and O–H groups in total. The monoisotopic (exact) mass is 607 g/mol. The summed E-state index contributed by atoms with van der Waals surface area (Å²) in [5.41, 5.74) is 10.6. The Morgan fingerprint density at radius 1 is 1.05 bits per heavy atom. The maximum Gasteiger partial charge on any atom is 0.253 e. The van der Waals surface area contributed by atoms with E-state index in [0.717, 1.165) is 6.26 Å². The zero-order valence-electron chi connectivity index (χ0n) is 23.5. The number of nitrogens with one attached hydrogen (secondary N) is 3. The van der Waals surface area contributed by atoms with E-state index in [4.69, 9.17) is 30.4 Å². The van der Waals surface area contributed by atoms with Gasteiger partial charge in [-0.2, -0.15) is 0 Å². The van der Waals surface area contributed by atoms with Gasteiger partial charge in [0.15, 0.2) is 18.2 Å². The minimum Gasteiger partial charge on any atom is -0.515 e. The van der Waals surface area contributed by atoms with Gasteiger partial charge in [0.05, 0.1) is 25.0 Å².